The van der Waals surface area contributed by atoms with Crippen molar-refractivity contribution < 1.29 is 8.94 Å². The van der Waals surface area contributed by atoms with Gasteiger partial charge in [-0.15, -0.1) is 0 Å². The summed E-state index contributed by atoms with van der Waals surface area (Å²) in [7, 11) is 0. The fraction of sp³-hybridized carbons (Fsp3) is 0.318. The third-order valence-corrected chi connectivity index (χ3v) is 5.59. The Morgan fingerprint density at radius 3 is 2.53 bits per heavy atom. The van der Waals surface area contributed by atoms with Crippen molar-refractivity contribution in [2.45, 2.75) is 20.1 Å². The summed E-state index contributed by atoms with van der Waals surface area (Å²) in [6, 6.07) is 15.5. The van der Waals surface area contributed by atoms with Crippen LogP contribution in [-0.2, 0) is 13.2 Å². The molecule has 0 N–H and O–H groups in total. The molecule has 30 heavy (non-hydrogen) atoms. The van der Waals surface area contributed by atoms with Crippen LogP contribution >= 0.6 is 0 Å². The van der Waals surface area contributed by atoms with E-state index in [0.29, 0.717) is 30.5 Å². The van der Waals surface area contributed by atoms with Crippen molar-refractivity contribution in [3.63, 3.8) is 0 Å². The summed E-state index contributed by atoms with van der Waals surface area (Å²) in [5.41, 5.74) is 3.58. The lowest BCUT2D eigenvalue weighted by Gasteiger charge is -2.33. The van der Waals surface area contributed by atoms with Crippen molar-refractivity contribution in [1.29, 1.82) is 0 Å². The normalized spacial score (nSPS) is 15.8. The molecule has 0 radical (unpaired) electrons. The number of para-hydroxylation sites is 2. The second kappa shape index (κ2) is 7.89. The van der Waals surface area contributed by atoms with E-state index >= 15 is 0 Å². The van der Waals surface area contributed by atoms with Crippen LogP contribution in [0, 0.1) is 6.92 Å². The van der Waals surface area contributed by atoms with Crippen molar-refractivity contribution in [3.05, 3.63) is 70.5 Å². The molecule has 0 saturated carbocycles. The van der Waals surface area contributed by atoms with Gasteiger partial charge in [-0.2, -0.15) is 4.98 Å². The smallest absolute Gasteiger partial charge is 0.408 e. The van der Waals surface area contributed by atoms with Crippen LogP contribution in [0.25, 0.3) is 22.5 Å². The zero-order chi connectivity index (χ0) is 20.5. The fourth-order valence-corrected chi connectivity index (χ4v) is 3.88. The minimum Gasteiger partial charge on any atom is -0.408 e. The molecule has 0 unspecified atom stereocenters. The molecule has 8 nitrogen and oxygen atoms in total. The maximum absolute atomic E-state index is 12.2. The van der Waals surface area contributed by atoms with E-state index in [1.807, 2.05) is 55.5 Å². The zero-order valence-corrected chi connectivity index (χ0v) is 16.8. The van der Waals surface area contributed by atoms with E-state index in [0.717, 1.165) is 42.8 Å². The minimum absolute atomic E-state index is 0.312. The Bertz CT molecular complexity index is 1220. The molecule has 5 rings (SSSR count). The largest absolute Gasteiger partial charge is 0.421 e. The van der Waals surface area contributed by atoms with Crippen LogP contribution in [-0.4, -0.2) is 50.7 Å². The van der Waals surface area contributed by atoms with Gasteiger partial charge in [0.05, 0.1) is 18.7 Å². The first-order chi connectivity index (χ1) is 14.7. The topological polar surface area (TPSA) is 80.5 Å². The number of aryl methyl sites for hydroxylation is 1. The predicted octanol–water partition coefficient (Wildman–Crippen LogP) is 2.73. The van der Waals surface area contributed by atoms with Crippen LogP contribution in [0.5, 0.6) is 0 Å². The van der Waals surface area contributed by atoms with Crippen LogP contribution in [0.4, 0.5) is 0 Å². The van der Waals surface area contributed by atoms with Gasteiger partial charge in [0.15, 0.2) is 5.58 Å². The SMILES string of the molecule is Cc1ccccc1-c1noc(CN2CCN(Cn3c(=O)oc4ccccc43)CC2)n1. The van der Waals surface area contributed by atoms with Gasteiger partial charge in [-0.3, -0.25) is 14.4 Å². The minimum atomic E-state index is -0.312. The van der Waals surface area contributed by atoms with Crippen LogP contribution in [0.3, 0.4) is 0 Å². The summed E-state index contributed by atoms with van der Waals surface area (Å²) in [5.74, 6) is 0.944. The summed E-state index contributed by atoms with van der Waals surface area (Å²) in [4.78, 5) is 21.3. The van der Waals surface area contributed by atoms with Gasteiger partial charge in [-0.25, -0.2) is 4.79 Å². The molecule has 0 bridgehead atoms. The highest BCUT2D eigenvalue weighted by Crippen LogP contribution is 2.20. The fourth-order valence-electron chi connectivity index (χ4n) is 3.88. The van der Waals surface area contributed by atoms with E-state index in [9.17, 15) is 4.79 Å². The maximum Gasteiger partial charge on any atom is 0.421 e. The van der Waals surface area contributed by atoms with Crippen molar-refractivity contribution >= 4 is 11.1 Å². The lowest BCUT2D eigenvalue weighted by Crippen LogP contribution is -2.47. The molecule has 3 heterocycles. The third-order valence-electron chi connectivity index (χ3n) is 5.59. The van der Waals surface area contributed by atoms with Crippen LogP contribution in [0.1, 0.15) is 11.5 Å². The van der Waals surface area contributed by atoms with E-state index < -0.39 is 0 Å². The second-order valence-electron chi connectivity index (χ2n) is 7.63. The van der Waals surface area contributed by atoms with Gasteiger partial charge in [-0.1, -0.05) is 41.6 Å². The van der Waals surface area contributed by atoms with Gasteiger partial charge in [0.2, 0.25) is 11.7 Å². The molecule has 0 spiro atoms. The Morgan fingerprint density at radius 1 is 0.967 bits per heavy atom. The molecule has 8 heteroatoms. The number of rotatable bonds is 5. The summed E-state index contributed by atoms with van der Waals surface area (Å²) in [6.45, 7) is 6.64. The van der Waals surface area contributed by atoms with E-state index in [1.54, 1.807) is 4.57 Å². The number of nitrogens with zero attached hydrogens (tertiary/aromatic N) is 5. The van der Waals surface area contributed by atoms with E-state index in [-0.39, 0.29) is 5.76 Å². The van der Waals surface area contributed by atoms with E-state index in [4.69, 9.17) is 8.94 Å². The summed E-state index contributed by atoms with van der Waals surface area (Å²) in [5, 5.41) is 4.14. The summed E-state index contributed by atoms with van der Waals surface area (Å²) >= 11 is 0. The Morgan fingerprint density at radius 2 is 1.70 bits per heavy atom. The highest BCUT2D eigenvalue weighted by atomic mass is 16.5. The molecular formula is C22H23N5O3. The standard InChI is InChI=1S/C22H23N5O3/c1-16-6-2-3-7-17(16)21-23-20(30-24-21)14-25-10-12-26(13-11-25)15-27-18-8-4-5-9-19(18)29-22(27)28/h2-9H,10-15H2,1H3. The van der Waals surface area contributed by atoms with Gasteiger partial charge in [0.25, 0.3) is 0 Å². The molecule has 1 aliphatic heterocycles. The number of hydrogen-bond acceptors (Lipinski definition) is 7. The van der Waals surface area contributed by atoms with Gasteiger partial charge in [0, 0.05) is 31.7 Å². The molecule has 154 valence electrons. The lowest BCUT2D eigenvalue weighted by atomic mass is 10.1. The second-order valence-corrected chi connectivity index (χ2v) is 7.63. The number of hydrogen-bond donors (Lipinski definition) is 0. The molecule has 2 aromatic heterocycles. The average molecular weight is 405 g/mol. The highest BCUT2D eigenvalue weighted by Gasteiger charge is 2.21. The lowest BCUT2D eigenvalue weighted by molar-refractivity contribution is 0.0942. The van der Waals surface area contributed by atoms with Gasteiger partial charge < -0.3 is 8.94 Å². The zero-order valence-electron chi connectivity index (χ0n) is 16.8. The van der Waals surface area contributed by atoms with E-state index in [1.165, 1.54) is 0 Å². The molecule has 1 saturated heterocycles. The number of piperazine rings is 1. The summed E-state index contributed by atoms with van der Waals surface area (Å²) in [6.07, 6.45) is 0. The molecule has 4 aromatic rings. The first-order valence-electron chi connectivity index (χ1n) is 10.1. The Hall–Kier alpha value is -3.23. The quantitative estimate of drug-likeness (QED) is 0.505. The number of oxazole rings is 1. The Balaban J connectivity index is 1.20. The van der Waals surface area contributed by atoms with Crippen LogP contribution < -0.4 is 5.76 Å². The van der Waals surface area contributed by atoms with Gasteiger partial charge >= 0.3 is 5.76 Å². The molecule has 0 aliphatic carbocycles. The monoisotopic (exact) mass is 405 g/mol. The van der Waals surface area contributed by atoms with Crippen molar-refractivity contribution in [1.82, 2.24) is 24.5 Å². The highest BCUT2D eigenvalue weighted by molar-refractivity contribution is 5.72. The molecular weight excluding hydrogens is 382 g/mol. The van der Waals surface area contributed by atoms with Crippen LogP contribution in [0.2, 0.25) is 0 Å². The van der Waals surface area contributed by atoms with Crippen molar-refractivity contribution in [2.75, 3.05) is 26.2 Å². The Labute approximate surface area is 173 Å². The maximum atomic E-state index is 12.2. The molecule has 0 amide bonds. The number of benzene rings is 2. The molecule has 1 aliphatic rings. The molecule has 0 atom stereocenters. The number of fused-ring (bicyclic) bond motifs is 1. The van der Waals surface area contributed by atoms with Crippen molar-refractivity contribution in [3.8, 4) is 11.4 Å². The van der Waals surface area contributed by atoms with Gasteiger partial charge in [-0.05, 0) is 24.6 Å². The van der Waals surface area contributed by atoms with Crippen molar-refractivity contribution in [2.24, 2.45) is 0 Å². The van der Waals surface area contributed by atoms with Crippen LogP contribution in [0.15, 0.2) is 62.3 Å². The Kier molecular flexibility index (Phi) is 4.94. The first-order valence-corrected chi connectivity index (χ1v) is 10.1. The third kappa shape index (κ3) is 3.67. The molecule has 2 aromatic carbocycles. The summed E-state index contributed by atoms with van der Waals surface area (Å²) < 4.78 is 12.5. The predicted molar refractivity (Wildman–Crippen MR) is 112 cm³/mol. The first kappa shape index (κ1) is 18.8. The number of aromatic nitrogens is 3. The molecule has 1 fully saturated rings. The van der Waals surface area contributed by atoms with Gasteiger partial charge in [0.1, 0.15) is 0 Å². The van der Waals surface area contributed by atoms with E-state index in [2.05, 4.69) is 19.9 Å². The average Bonchev–Trinajstić information content (AvgIpc) is 3.34.